The van der Waals surface area contributed by atoms with Crippen LogP contribution in [-0.2, 0) is 0 Å². The van der Waals surface area contributed by atoms with Crippen molar-refractivity contribution in [2.75, 3.05) is 0 Å². The van der Waals surface area contributed by atoms with E-state index in [0.29, 0.717) is 0 Å². The molecule has 0 aliphatic rings. The maximum absolute atomic E-state index is 3.59. The molecule has 0 N–H and O–H groups in total. The standard InChI is InChI=1S/C7H11N/c1-4-7(5-2)6-8-3/h4,6H,1,3,5H2,2H3. The third-order valence-electron chi connectivity index (χ3n) is 0.928. The summed E-state index contributed by atoms with van der Waals surface area (Å²) < 4.78 is 0. The van der Waals surface area contributed by atoms with Crippen molar-refractivity contribution >= 4 is 6.72 Å². The minimum Gasteiger partial charge on any atom is -0.272 e. The zero-order valence-corrected chi connectivity index (χ0v) is 5.22. The molecule has 0 unspecified atom stereocenters. The van der Waals surface area contributed by atoms with Crippen LogP contribution in [0.4, 0.5) is 0 Å². The Morgan fingerprint density at radius 1 is 1.75 bits per heavy atom. The highest BCUT2D eigenvalue weighted by Crippen LogP contribution is 1.99. The van der Waals surface area contributed by atoms with E-state index in [2.05, 4.69) is 25.2 Å². The third-order valence-corrected chi connectivity index (χ3v) is 0.928. The molecule has 0 fully saturated rings. The molecule has 8 heavy (non-hydrogen) atoms. The Hall–Kier alpha value is -0.850. The van der Waals surface area contributed by atoms with Gasteiger partial charge in [-0.15, -0.1) is 0 Å². The summed E-state index contributed by atoms with van der Waals surface area (Å²) in [7, 11) is 0. The lowest BCUT2D eigenvalue weighted by molar-refractivity contribution is 1.14. The van der Waals surface area contributed by atoms with E-state index in [0.717, 1.165) is 12.0 Å². The molecular formula is C7H11N. The molecule has 1 nitrogen and oxygen atoms in total. The van der Waals surface area contributed by atoms with Gasteiger partial charge in [-0.05, 0) is 18.7 Å². The molecule has 0 aromatic carbocycles. The Labute approximate surface area is 50.4 Å². The molecule has 0 saturated heterocycles. The summed E-state index contributed by atoms with van der Waals surface area (Å²) in [5, 5.41) is 0. The molecule has 44 valence electrons. The normalized spacial score (nSPS) is 10.9. The van der Waals surface area contributed by atoms with Gasteiger partial charge in [0.15, 0.2) is 0 Å². The average molecular weight is 109 g/mol. The van der Waals surface area contributed by atoms with E-state index in [9.17, 15) is 0 Å². The molecule has 0 aliphatic heterocycles. The van der Waals surface area contributed by atoms with Gasteiger partial charge in [-0.25, -0.2) is 0 Å². The number of allylic oxidation sites excluding steroid dienone is 2. The summed E-state index contributed by atoms with van der Waals surface area (Å²) in [4.78, 5) is 3.59. The molecule has 0 amide bonds. The second-order valence-electron chi connectivity index (χ2n) is 1.44. The zero-order valence-electron chi connectivity index (χ0n) is 5.22. The second kappa shape index (κ2) is 4.31. The van der Waals surface area contributed by atoms with Crippen molar-refractivity contribution in [2.45, 2.75) is 13.3 Å². The number of rotatable bonds is 3. The summed E-state index contributed by atoms with van der Waals surface area (Å²) in [5.74, 6) is 0. The fraction of sp³-hybridized carbons (Fsp3) is 0.286. The fourth-order valence-electron chi connectivity index (χ4n) is 0.406. The highest BCUT2D eigenvalue weighted by atomic mass is 14.6. The summed E-state index contributed by atoms with van der Waals surface area (Å²) >= 11 is 0. The van der Waals surface area contributed by atoms with Gasteiger partial charge in [-0.3, -0.25) is 4.99 Å². The van der Waals surface area contributed by atoms with Crippen LogP contribution in [0.5, 0.6) is 0 Å². The van der Waals surface area contributed by atoms with Crippen LogP contribution in [0.1, 0.15) is 13.3 Å². The summed E-state index contributed by atoms with van der Waals surface area (Å²) in [6, 6.07) is 0. The van der Waals surface area contributed by atoms with Crippen LogP contribution in [0.3, 0.4) is 0 Å². The molecule has 0 heterocycles. The van der Waals surface area contributed by atoms with E-state index < -0.39 is 0 Å². The van der Waals surface area contributed by atoms with E-state index in [1.54, 1.807) is 12.3 Å². The van der Waals surface area contributed by atoms with Crippen LogP contribution in [0.15, 0.2) is 29.4 Å². The van der Waals surface area contributed by atoms with E-state index in [1.807, 2.05) is 0 Å². The van der Waals surface area contributed by atoms with Crippen molar-refractivity contribution in [1.82, 2.24) is 0 Å². The van der Waals surface area contributed by atoms with E-state index in [4.69, 9.17) is 0 Å². The van der Waals surface area contributed by atoms with Crippen molar-refractivity contribution in [1.29, 1.82) is 0 Å². The smallest absolute Gasteiger partial charge is 0.0292 e. The number of nitrogens with zero attached hydrogens (tertiary/aromatic N) is 1. The van der Waals surface area contributed by atoms with Gasteiger partial charge in [0.25, 0.3) is 0 Å². The fourth-order valence-corrected chi connectivity index (χ4v) is 0.406. The van der Waals surface area contributed by atoms with Gasteiger partial charge in [0.05, 0.1) is 0 Å². The predicted octanol–water partition coefficient (Wildman–Crippen LogP) is 2.17. The predicted molar refractivity (Wildman–Crippen MR) is 38.1 cm³/mol. The van der Waals surface area contributed by atoms with Crippen molar-refractivity contribution in [3.8, 4) is 0 Å². The Kier molecular flexibility index (Phi) is 3.85. The third kappa shape index (κ3) is 2.35. The first-order valence-electron chi connectivity index (χ1n) is 2.62. The molecule has 0 aromatic heterocycles. The van der Waals surface area contributed by atoms with E-state index in [-0.39, 0.29) is 0 Å². The SMILES string of the molecule is C=CC(=CN=C)CC. The lowest BCUT2D eigenvalue weighted by Gasteiger charge is -1.88. The Morgan fingerprint density at radius 2 is 2.38 bits per heavy atom. The van der Waals surface area contributed by atoms with E-state index >= 15 is 0 Å². The maximum atomic E-state index is 3.59. The molecule has 1 heteroatoms. The minimum absolute atomic E-state index is 0.975. The molecule has 0 rings (SSSR count). The van der Waals surface area contributed by atoms with Crippen molar-refractivity contribution in [3.63, 3.8) is 0 Å². The number of hydrogen-bond acceptors (Lipinski definition) is 1. The van der Waals surface area contributed by atoms with Crippen molar-refractivity contribution < 1.29 is 0 Å². The minimum atomic E-state index is 0.975. The average Bonchev–Trinajstić information content (AvgIpc) is 1.83. The van der Waals surface area contributed by atoms with Crippen LogP contribution in [0.25, 0.3) is 0 Å². The zero-order chi connectivity index (χ0) is 6.41. The lowest BCUT2D eigenvalue weighted by atomic mass is 10.2. The topological polar surface area (TPSA) is 12.4 Å². The highest BCUT2D eigenvalue weighted by Gasteiger charge is 1.80. The van der Waals surface area contributed by atoms with Crippen molar-refractivity contribution in [3.05, 3.63) is 24.4 Å². The van der Waals surface area contributed by atoms with Crippen LogP contribution in [0, 0.1) is 0 Å². The van der Waals surface area contributed by atoms with Crippen LogP contribution < -0.4 is 0 Å². The van der Waals surface area contributed by atoms with Gasteiger partial charge in [0.2, 0.25) is 0 Å². The van der Waals surface area contributed by atoms with Gasteiger partial charge in [-0.1, -0.05) is 19.6 Å². The quantitative estimate of drug-likeness (QED) is 0.389. The first-order chi connectivity index (χ1) is 3.85. The van der Waals surface area contributed by atoms with Gasteiger partial charge < -0.3 is 0 Å². The second-order valence-corrected chi connectivity index (χ2v) is 1.44. The van der Waals surface area contributed by atoms with Crippen LogP contribution in [-0.4, -0.2) is 6.72 Å². The monoisotopic (exact) mass is 109 g/mol. The summed E-state index contributed by atoms with van der Waals surface area (Å²) in [6.07, 6.45) is 4.48. The van der Waals surface area contributed by atoms with Crippen molar-refractivity contribution in [2.24, 2.45) is 4.99 Å². The van der Waals surface area contributed by atoms with Gasteiger partial charge in [0, 0.05) is 6.20 Å². The largest absolute Gasteiger partial charge is 0.272 e. The Balaban J connectivity index is 3.84. The highest BCUT2D eigenvalue weighted by molar-refractivity contribution is 5.28. The van der Waals surface area contributed by atoms with Gasteiger partial charge >= 0.3 is 0 Å². The number of aliphatic imine (C=N–C) groups is 1. The molecule has 0 spiro atoms. The molecule has 0 aromatic rings. The Morgan fingerprint density at radius 3 is 2.50 bits per heavy atom. The summed E-state index contributed by atoms with van der Waals surface area (Å²) in [5.41, 5.74) is 1.13. The Bertz CT molecular complexity index is 112. The van der Waals surface area contributed by atoms with Gasteiger partial charge in [-0.2, -0.15) is 0 Å². The first-order valence-corrected chi connectivity index (χ1v) is 2.62. The molecule has 0 saturated carbocycles. The molecule has 0 radical (unpaired) electrons. The molecular weight excluding hydrogens is 98.1 g/mol. The molecule has 0 atom stereocenters. The summed E-state index contributed by atoms with van der Waals surface area (Å²) in [6.45, 7) is 8.97. The first kappa shape index (κ1) is 7.15. The van der Waals surface area contributed by atoms with Gasteiger partial charge in [0.1, 0.15) is 0 Å². The molecule has 0 bridgehead atoms. The van der Waals surface area contributed by atoms with E-state index in [1.165, 1.54) is 0 Å². The van der Waals surface area contributed by atoms with Crippen LogP contribution in [0.2, 0.25) is 0 Å². The maximum Gasteiger partial charge on any atom is 0.0292 e. The van der Waals surface area contributed by atoms with Crippen LogP contribution >= 0.6 is 0 Å². The molecule has 0 aliphatic carbocycles. The lowest BCUT2D eigenvalue weighted by Crippen LogP contribution is -1.68. The number of hydrogen-bond donors (Lipinski definition) is 0.